The zero-order chi connectivity index (χ0) is 14.4. The Bertz CT molecular complexity index is 517. The second-order valence-electron chi connectivity index (χ2n) is 4.05. The van der Waals surface area contributed by atoms with E-state index in [-0.39, 0.29) is 0 Å². The SMILES string of the molecule is CCNC(=O)NNC(=O)[C@@H]1CC(c2cccnc2)=NO1. The minimum absolute atomic E-state index is 0.328. The van der Waals surface area contributed by atoms with E-state index in [1.54, 1.807) is 25.4 Å². The van der Waals surface area contributed by atoms with E-state index in [0.717, 1.165) is 5.56 Å². The molecular formula is C12H15N5O3. The van der Waals surface area contributed by atoms with E-state index in [9.17, 15) is 9.59 Å². The van der Waals surface area contributed by atoms with Crippen molar-refractivity contribution < 1.29 is 14.4 Å². The van der Waals surface area contributed by atoms with Crippen LogP contribution < -0.4 is 16.2 Å². The van der Waals surface area contributed by atoms with Gasteiger partial charge in [0.1, 0.15) is 0 Å². The first-order chi connectivity index (χ1) is 9.70. The largest absolute Gasteiger partial charge is 0.382 e. The number of nitrogens with one attached hydrogen (secondary N) is 3. The molecule has 0 saturated carbocycles. The first-order valence-electron chi connectivity index (χ1n) is 6.17. The second kappa shape index (κ2) is 6.50. The maximum Gasteiger partial charge on any atom is 0.333 e. The Balaban J connectivity index is 1.82. The van der Waals surface area contributed by atoms with Gasteiger partial charge >= 0.3 is 6.03 Å². The zero-order valence-corrected chi connectivity index (χ0v) is 10.9. The monoisotopic (exact) mass is 277 g/mol. The van der Waals surface area contributed by atoms with Crippen LogP contribution in [0.2, 0.25) is 0 Å². The molecule has 3 N–H and O–H groups in total. The molecule has 0 radical (unpaired) electrons. The first kappa shape index (κ1) is 13.8. The minimum atomic E-state index is -0.757. The summed E-state index contributed by atoms with van der Waals surface area (Å²) >= 11 is 0. The number of hydrogen-bond acceptors (Lipinski definition) is 5. The van der Waals surface area contributed by atoms with Gasteiger partial charge in [0.05, 0.1) is 5.71 Å². The summed E-state index contributed by atoms with van der Waals surface area (Å²) in [6, 6.07) is 3.14. The van der Waals surface area contributed by atoms with Crippen LogP contribution in [0, 0.1) is 0 Å². The van der Waals surface area contributed by atoms with E-state index in [4.69, 9.17) is 4.84 Å². The van der Waals surface area contributed by atoms with Crippen molar-refractivity contribution in [2.24, 2.45) is 5.16 Å². The molecule has 0 spiro atoms. The van der Waals surface area contributed by atoms with Crippen LogP contribution in [0.5, 0.6) is 0 Å². The average Bonchev–Trinajstić information content (AvgIpc) is 2.96. The van der Waals surface area contributed by atoms with Crippen molar-refractivity contribution in [1.29, 1.82) is 0 Å². The summed E-state index contributed by atoms with van der Waals surface area (Å²) in [4.78, 5) is 31.9. The zero-order valence-electron chi connectivity index (χ0n) is 10.9. The Kier molecular flexibility index (Phi) is 4.48. The molecule has 1 aliphatic rings. The van der Waals surface area contributed by atoms with E-state index >= 15 is 0 Å². The molecule has 0 aliphatic carbocycles. The molecule has 2 heterocycles. The van der Waals surface area contributed by atoms with E-state index < -0.39 is 18.0 Å². The predicted octanol–water partition coefficient (Wildman–Crippen LogP) is -0.0751. The van der Waals surface area contributed by atoms with Crippen LogP contribution in [0.3, 0.4) is 0 Å². The molecule has 0 aromatic carbocycles. The van der Waals surface area contributed by atoms with Gasteiger partial charge in [-0.05, 0) is 19.1 Å². The third kappa shape index (κ3) is 3.44. The quantitative estimate of drug-likeness (QED) is 0.672. The molecule has 0 bridgehead atoms. The van der Waals surface area contributed by atoms with Gasteiger partial charge in [0.25, 0.3) is 5.91 Å². The highest BCUT2D eigenvalue weighted by Gasteiger charge is 2.29. The van der Waals surface area contributed by atoms with Gasteiger partial charge in [0, 0.05) is 30.9 Å². The highest BCUT2D eigenvalue weighted by atomic mass is 16.6. The average molecular weight is 277 g/mol. The van der Waals surface area contributed by atoms with Crippen molar-refractivity contribution in [2.45, 2.75) is 19.4 Å². The molecule has 2 rings (SSSR count). The summed E-state index contributed by atoms with van der Waals surface area (Å²) in [7, 11) is 0. The number of aromatic nitrogens is 1. The molecule has 1 atom stereocenters. The van der Waals surface area contributed by atoms with Crippen LogP contribution in [-0.4, -0.2) is 35.3 Å². The smallest absolute Gasteiger partial charge is 0.333 e. The lowest BCUT2D eigenvalue weighted by molar-refractivity contribution is -0.131. The molecule has 0 saturated heterocycles. The van der Waals surface area contributed by atoms with Crippen LogP contribution >= 0.6 is 0 Å². The molecule has 106 valence electrons. The Morgan fingerprint density at radius 1 is 1.45 bits per heavy atom. The van der Waals surface area contributed by atoms with Crippen LogP contribution in [0.4, 0.5) is 4.79 Å². The number of pyridine rings is 1. The molecule has 0 unspecified atom stereocenters. The van der Waals surface area contributed by atoms with Gasteiger partial charge < -0.3 is 10.2 Å². The van der Waals surface area contributed by atoms with Crippen molar-refractivity contribution in [2.75, 3.05) is 6.54 Å². The lowest BCUT2D eigenvalue weighted by Crippen LogP contribution is -2.50. The van der Waals surface area contributed by atoms with Crippen LogP contribution in [0.15, 0.2) is 29.7 Å². The van der Waals surface area contributed by atoms with Crippen LogP contribution in [0.1, 0.15) is 18.9 Å². The molecule has 0 fully saturated rings. The number of oxime groups is 1. The van der Waals surface area contributed by atoms with E-state index in [2.05, 4.69) is 26.3 Å². The van der Waals surface area contributed by atoms with Gasteiger partial charge in [0.15, 0.2) is 0 Å². The van der Waals surface area contributed by atoms with E-state index in [0.29, 0.717) is 18.7 Å². The highest BCUT2D eigenvalue weighted by Crippen LogP contribution is 2.15. The molecule has 20 heavy (non-hydrogen) atoms. The minimum Gasteiger partial charge on any atom is -0.382 e. The Morgan fingerprint density at radius 2 is 2.30 bits per heavy atom. The second-order valence-corrected chi connectivity index (χ2v) is 4.05. The number of urea groups is 1. The number of hydrazine groups is 1. The lowest BCUT2D eigenvalue weighted by atomic mass is 10.1. The molecule has 3 amide bonds. The first-order valence-corrected chi connectivity index (χ1v) is 6.17. The molecule has 8 nitrogen and oxygen atoms in total. The number of carbonyl (C=O) groups is 2. The van der Waals surface area contributed by atoms with Crippen LogP contribution in [-0.2, 0) is 9.63 Å². The summed E-state index contributed by atoms with van der Waals surface area (Å²) in [6.07, 6.45) is 2.87. The number of hydrogen-bond donors (Lipinski definition) is 3. The summed E-state index contributed by atoms with van der Waals surface area (Å²) in [6.45, 7) is 2.24. The Morgan fingerprint density at radius 3 is 3.00 bits per heavy atom. The van der Waals surface area contributed by atoms with Gasteiger partial charge in [0.2, 0.25) is 6.10 Å². The van der Waals surface area contributed by atoms with Crippen LogP contribution in [0.25, 0.3) is 0 Å². The van der Waals surface area contributed by atoms with Gasteiger partial charge in [-0.2, -0.15) is 0 Å². The third-order valence-electron chi connectivity index (χ3n) is 2.59. The molecule has 8 heteroatoms. The van der Waals surface area contributed by atoms with Crippen molar-refractivity contribution in [1.82, 2.24) is 21.2 Å². The van der Waals surface area contributed by atoms with Crippen molar-refractivity contribution >= 4 is 17.6 Å². The number of carbonyl (C=O) groups excluding carboxylic acids is 2. The topological polar surface area (TPSA) is 105 Å². The molecular weight excluding hydrogens is 262 g/mol. The third-order valence-corrected chi connectivity index (χ3v) is 2.59. The number of amides is 3. The summed E-state index contributed by atoms with van der Waals surface area (Å²) in [5.74, 6) is -0.459. The molecule has 1 aromatic heterocycles. The van der Waals surface area contributed by atoms with E-state index in [1.165, 1.54) is 0 Å². The number of rotatable bonds is 3. The number of nitrogens with zero attached hydrogens (tertiary/aromatic N) is 2. The van der Waals surface area contributed by atoms with Gasteiger partial charge in [-0.25, -0.2) is 10.2 Å². The van der Waals surface area contributed by atoms with E-state index in [1.807, 2.05) is 6.07 Å². The summed E-state index contributed by atoms with van der Waals surface area (Å²) in [5, 5.41) is 6.34. The predicted molar refractivity (Wildman–Crippen MR) is 70.6 cm³/mol. The maximum atomic E-state index is 11.8. The molecule has 1 aromatic rings. The fourth-order valence-electron chi connectivity index (χ4n) is 1.63. The Labute approximate surface area is 115 Å². The van der Waals surface area contributed by atoms with Crippen molar-refractivity contribution in [3.63, 3.8) is 0 Å². The standard InChI is InChI=1S/C12H15N5O3/c1-2-14-12(19)16-15-11(18)10-6-9(17-20-10)8-4-3-5-13-7-8/h3-5,7,10H,2,6H2,1H3,(H,15,18)(H2,14,16,19)/t10-/m0/s1. The van der Waals surface area contributed by atoms with Gasteiger partial charge in [-0.15, -0.1) is 0 Å². The van der Waals surface area contributed by atoms with Gasteiger partial charge in [-0.1, -0.05) is 5.16 Å². The van der Waals surface area contributed by atoms with Gasteiger partial charge in [-0.3, -0.25) is 15.2 Å². The maximum absolute atomic E-state index is 11.8. The fraction of sp³-hybridized carbons (Fsp3) is 0.333. The summed E-state index contributed by atoms with van der Waals surface area (Å²) in [5.41, 5.74) is 5.94. The Hall–Kier alpha value is -2.64. The van der Waals surface area contributed by atoms with Crippen molar-refractivity contribution in [3.05, 3.63) is 30.1 Å². The van der Waals surface area contributed by atoms with Crippen molar-refractivity contribution in [3.8, 4) is 0 Å². The normalized spacial score (nSPS) is 16.9. The molecule has 1 aliphatic heterocycles. The highest BCUT2D eigenvalue weighted by molar-refractivity contribution is 6.03. The lowest BCUT2D eigenvalue weighted by Gasteiger charge is -2.10. The summed E-state index contributed by atoms with van der Waals surface area (Å²) < 4.78 is 0. The fourth-order valence-corrected chi connectivity index (χ4v) is 1.63.